The van der Waals surface area contributed by atoms with Gasteiger partial charge in [-0.05, 0) is 71.4 Å². The summed E-state index contributed by atoms with van der Waals surface area (Å²) < 4.78 is 6.40. The van der Waals surface area contributed by atoms with Crippen LogP contribution >= 0.6 is 15.9 Å². The van der Waals surface area contributed by atoms with Crippen LogP contribution in [0.2, 0.25) is 0 Å². The van der Waals surface area contributed by atoms with Gasteiger partial charge in [-0.15, -0.1) is 0 Å². The molecule has 0 saturated carbocycles. The van der Waals surface area contributed by atoms with Crippen molar-refractivity contribution in [3.63, 3.8) is 0 Å². The van der Waals surface area contributed by atoms with Crippen molar-refractivity contribution in [3.05, 3.63) is 95.5 Å². The fourth-order valence-corrected chi connectivity index (χ4v) is 3.48. The smallest absolute Gasteiger partial charge is 0.119 e. The van der Waals surface area contributed by atoms with Crippen LogP contribution in [0.3, 0.4) is 0 Å². The van der Waals surface area contributed by atoms with E-state index in [2.05, 4.69) is 93.6 Å². The van der Waals surface area contributed by atoms with Gasteiger partial charge in [-0.1, -0.05) is 46.3 Å². The first-order valence-corrected chi connectivity index (χ1v) is 9.22. The van der Waals surface area contributed by atoms with Crippen LogP contribution in [0.25, 0.3) is 10.8 Å². The third-order valence-electron chi connectivity index (χ3n) is 4.39. The van der Waals surface area contributed by atoms with Crippen molar-refractivity contribution in [3.8, 4) is 5.75 Å². The standard InChI is InChI=1S/C23H18BrNO/c1-26-23-13-11-21(12-14-23)25(20-5-3-2-4-6-20)22-10-8-17-15-19(24)9-7-18(17)16-22/h2-16H,1H3. The van der Waals surface area contributed by atoms with Crippen LogP contribution in [0.15, 0.2) is 95.5 Å². The minimum Gasteiger partial charge on any atom is -0.497 e. The molecule has 4 aromatic rings. The van der Waals surface area contributed by atoms with Crippen molar-refractivity contribution in [2.45, 2.75) is 0 Å². The van der Waals surface area contributed by atoms with Crippen molar-refractivity contribution < 1.29 is 4.74 Å². The third-order valence-corrected chi connectivity index (χ3v) is 4.88. The molecule has 0 aliphatic rings. The van der Waals surface area contributed by atoms with Crippen LogP contribution in [0, 0.1) is 0 Å². The number of hydrogen-bond acceptors (Lipinski definition) is 2. The Morgan fingerprint density at radius 1 is 0.654 bits per heavy atom. The highest BCUT2D eigenvalue weighted by Gasteiger charge is 2.12. The molecular weight excluding hydrogens is 386 g/mol. The van der Waals surface area contributed by atoms with Gasteiger partial charge in [0.1, 0.15) is 5.75 Å². The van der Waals surface area contributed by atoms with Gasteiger partial charge in [0.25, 0.3) is 0 Å². The Labute approximate surface area is 161 Å². The van der Waals surface area contributed by atoms with E-state index in [0.717, 1.165) is 27.3 Å². The summed E-state index contributed by atoms with van der Waals surface area (Å²) in [5.41, 5.74) is 3.33. The molecule has 0 radical (unpaired) electrons. The number of ether oxygens (including phenoxy) is 1. The molecule has 26 heavy (non-hydrogen) atoms. The van der Waals surface area contributed by atoms with Gasteiger partial charge in [0, 0.05) is 21.5 Å². The third kappa shape index (κ3) is 3.31. The van der Waals surface area contributed by atoms with Gasteiger partial charge in [-0.2, -0.15) is 0 Å². The summed E-state index contributed by atoms with van der Waals surface area (Å²) in [6.07, 6.45) is 0. The Bertz CT molecular complexity index is 1030. The lowest BCUT2D eigenvalue weighted by atomic mass is 10.1. The van der Waals surface area contributed by atoms with Crippen LogP contribution in [0.4, 0.5) is 17.1 Å². The summed E-state index contributed by atoms with van der Waals surface area (Å²) in [7, 11) is 1.69. The Kier molecular flexibility index (Phi) is 4.63. The van der Waals surface area contributed by atoms with E-state index in [9.17, 15) is 0 Å². The summed E-state index contributed by atoms with van der Waals surface area (Å²) in [6, 6.07) is 31.4. The van der Waals surface area contributed by atoms with Gasteiger partial charge in [-0.3, -0.25) is 0 Å². The van der Waals surface area contributed by atoms with Crippen LogP contribution < -0.4 is 9.64 Å². The molecule has 0 fully saturated rings. The van der Waals surface area contributed by atoms with Crippen LogP contribution in [0.5, 0.6) is 5.75 Å². The highest BCUT2D eigenvalue weighted by molar-refractivity contribution is 9.10. The summed E-state index contributed by atoms with van der Waals surface area (Å²) in [4.78, 5) is 2.25. The lowest BCUT2D eigenvalue weighted by Gasteiger charge is -2.26. The summed E-state index contributed by atoms with van der Waals surface area (Å²) in [5.74, 6) is 0.852. The highest BCUT2D eigenvalue weighted by atomic mass is 79.9. The predicted octanol–water partition coefficient (Wildman–Crippen LogP) is 7.08. The van der Waals surface area contributed by atoms with E-state index >= 15 is 0 Å². The first-order valence-electron chi connectivity index (χ1n) is 8.43. The number of methoxy groups -OCH3 is 1. The Balaban J connectivity index is 1.85. The van der Waals surface area contributed by atoms with Gasteiger partial charge in [0.2, 0.25) is 0 Å². The number of hydrogen-bond donors (Lipinski definition) is 0. The van der Waals surface area contributed by atoms with Crippen molar-refractivity contribution in [1.29, 1.82) is 0 Å². The topological polar surface area (TPSA) is 12.5 Å². The molecule has 0 aromatic heterocycles. The Morgan fingerprint density at radius 2 is 1.27 bits per heavy atom. The zero-order valence-electron chi connectivity index (χ0n) is 14.4. The average molecular weight is 404 g/mol. The first kappa shape index (κ1) is 16.7. The van der Waals surface area contributed by atoms with Crippen LogP contribution in [-0.4, -0.2) is 7.11 Å². The molecule has 0 amide bonds. The number of nitrogens with zero attached hydrogens (tertiary/aromatic N) is 1. The lowest BCUT2D eigenvalue weighted by molar-refractivity contribution is 0.415. The van der Waals surface area contributed by atoms with Gasteiger partial charge in [-0.25, -0.2) is 0 Å². The van der Waals surface area contributed by atoms with Gasteiger partial charge in [0.05, 0.1) is 7.11 Å². The fourth-order valence-electron chi connectivity index (χ4n) is 3.10. The number of benzene rings is 4. The first-order chi connectivity index (χ1) is 12.7. The molecular formula is C23H18BrNO. The molecule has 0 heterocycles. The van der Waals surface area contributed by atoms with E-state index in [4.69, 9.17) is 4.74 Å². The molecule has 2 nitrogen and oxygen atoms in total. The second-order valence-corrected chi connectivity index (χ2v) is 6.96. The summed E-state index contributed by atoms with van der Waals surface area (Å²) in [5, 5.41) is 2.42. The second-order valence-electron chi connectivity index (χ2n) is 6.04. The van der Waals surface area contributed by atoms with E-state index in [-0.39, 0.29) is 0 Å². The van der Waals surface area contributed by atoms with Crippen molar-refractivity contribution in [1.82, 2.24) is 0 Å². The maximum absolute atomic E-state index is 5.31. The number of rotatable bonds is 4. The normalized spacial score (nSPS) is 10.7. The molecule has 0 N–H and O–H groups in total. The Morgan fingerprint density at radius 3 is 2.00 bits per heavy atom. The van der Waals surface area contributed by atoms with E-state index in [1.54, 1.807) is 7.11 Å². The van der Waals surface area contributed by atoms with E-state index in [1.807, 2.05) is 18.2 Å². The quantitative estimate of drug-likeness (QED) is 0.360. The summed E-state index contributed by atoms with van der Waals surface area (Å²) >= 11 is 3.54. The number of halogens is 1. The van der Waals surface area contributed by atoms with Crippen molar-refractivity contribution >= 4 is 43.8 Å². The molecule has 0 aliphatic carbocycles. The van der Waals surface area contributed by atoms with Gasteiger partial charge >= 0.3 is 0 Å². The molecule has 0 spiro atoms. The van der Waals surface area contributed by atoms with Gasteiger partial charge < -0.3 is 9.64 Å². The number of fused-ring (bicyclic) bond motifs is 1. The lowest BCUT2D eigenvalue weighted by Crippen LogP contribution is -2.09. The van der Waals surface area contributed by atoms with E-state index in [1.165, 1.54) is 10.8 Å². The fraction of sp³-hybridized carbons (Fsp3) is 0.0435. The van der Waals surface area contributed by atoms with Crippen molar-refractivity contribution in [2.75, 3.05) is 12.0 Å². The zero-order valence-corrected chi connectivity index (χ0v) is 16.0. The average Bonchev–Trinajstić information content (AvgIpc) is 2.69. The van der Waals surface area contributed by atoms with E-state index < -0.39 is 0 Å². The predicted molar refractivity (Wildman–Crippen MR) is 113 cm³/mol. The minimum absolute atomic E-state index is 0.852. The van der Waals surface area contributed by atoms with Gasteiger partial charge in [0.15, 0.2) is 0 Å². The molecule has 0 aliphatic heterocycles. The molecule has 0 bridgehead atoms. The number of anilines is 3. The molecule has 0 unspecified atom stereocenters. The molecule has 4 rings (SSSR count). The maximum atomic E-state index is 5.31. The molecule has 0 saturated heterocycles. The second kappa shape index (κ2) is 7.22. The molecule has 128 valence electrons. The molecule has 0 atom stereocenters. The van der Waals surface area contributed by atoms with Crippen LogP contribution in [-0.2, 0) is 0 Å². The Hall–Kier alpha value is -2.78. The zero-order chi connectivity index (χ0) is 17.9. The monoisotopic (exact) mass is 403 g/mol. The largest absolute Gasteiger partial charge is 0.497 e. The SMILES string of the molecule is COc1ccc(N(c2ccccc2)c2ccc3cc(Br)ccc3c2)cc1. The highest BCUT2D eigenvalue weighted by Crippen LogP contribution is 2.36. The molecule has 3 heteroatoms. The minimum atomic E-state index is 0.852. The summed E-state index contributed by atoms with van der Waals surface area (Å²) in [6.45, 7) is 0. The van der Waals surface area contributed by atoms with E-state index in [0.29, 0.717) is 0 Å². The van der Waals surface area contributed by atoms with Crippen LogP contribution in [0.1, 0.15) is 0 Å². The number of para-hydroxylation sites is 1. The molecule has 4 aromatic carbocycles. The van der Waals surface area contributed by atoms with Crippen molar-refractivity contribution in [2.24, 2.45) is 0 Å². The maximum Gasteiger partial charge on any atom is 0.119 e.